The van der Waals surface area contributed by atoms with Gasteiger partial charge in [-0.25, -0.2) is 0 Å². The number of halogens is 1. The molecule has 0 aliphatic rings. The molecule has 0 aromatic heterocycles. The van der Waals surface area contributed by atoms with Crippen LogP contribution in [0.4, 0.5) is 0 Å². The van der Waals surface area contributed by atoms with Gasteiger partial charge in [-0.1, -0.05) is 41.1 Å². The summed E-state index contributed by atoms with van der Waals surface area (Å²) in [6.07, 6.45) is 0.523. The second-order valence-electron chi connectivity index (χ2n) is 4.61. The molecule has 0 bridgehead atoms. The highest BCUT2D eigenvalue weighted by molar-refractivity contribution is 9.10. The summed E-state index contributed by atoms with van der Waals surface area (Å²) in [7, 11) is 3.49. The van der Waals surface area contributed by atoms with Crippen molar-refractivity contribution in [3.63, 3.8) is 0 Å². The zero-order valence-corrected chi connectivity index (χ0v) is 12.7. The van der Waals surface area contributed by atoms with E-state index in [9.17, 15) is 4.79 Å². The molecule has 1 aromatic carbocycles. The monoisotopic (exact) mass is 313 g/mol. The highest BCUT2D eigenvalue weighted by Gasteiger charge is 2.14. The van der Waals surface area contributed by atoms with Crippen LogP contribution in [0.1, 0.15) is 18.9 Å². The van der Waals surface area contributed by atoms with E-state index in [0.29, 0.717) is 19.6 Å². The Hall–Kier alpha value is -0.870. The molecule has 18 heavy (non-hydrogen) atoms. The minimum atomic E-state index is 0.148. The van der Waals surface area contributed by atoms with E-state index in [1.54, 1.807) is 12.0 Å². The van der Waals surface area contributed by atoms with Crippen molar-refractivity contribution in [3.05, 3.63) is 34.3 Å². The summed E-state index contributed by atoms with van der Waals surface area (Å²) in [6, 6.07) is 7.95. The Morgan fingerprint density at radius 1 is 1.44 bits per heavy atom. The maximum Gasteiger partial charge on any atom is 0.222 e. The van der Waals surface area contributed by atoms with Crippen LogP contribution in [0.25, 0.3) is 0 Å². The van der Waals surface area contributed by atoms with Gasteiger partial charge in [0, 0.05) is 38.2 Å². The van der Waals surface area contributed by atoms with E-state index in [1.165, 1.54) is 0 Å². The zero-order chi connectivity index (χ0) is 13.5. The van der Waals surface area contributed by atoms with E-state index in [4.69, 9.17) is 4.74 Å². The molecule has 0 heterocycles. The molecule has 0 spiro atoms. The molecule has 0 fully saturated rings. The summed E-state index contributed by atoms with van der Waals surface area (Å²) in [4.78, 5) is 13.8. The van der Waals surface area contributed by atoms with Gasteiger partial charge >= 0.3 is 0 Å². The highest BCUT2D eigenvalue weighted by Crippen LogP contribution is 2.18. The standard InChI is InChI=1S/C14H20BrNO2/c1-11(10-18-3)8-14(17)16(2)9-12-6-4-5-7-13(12)15/h4-7,11H,8-10H2,1-3H3. The maximum absolute atomic E-state index is 12.0. The topological polar surface area (TPSA) is 29.5 Å². The number of nitrogens with zero attached hydrogens (tertiary/aromatic N) is 1. The first-order valence-corrected chi connectivity index (χ1v) is 6.80. The Bertz CT molecular complexity index is 395. The highest BCUT2D eigenvalue weighted by atomic mass is 79.9. The summed E-state index contributed by atoms with van der Waals surface area (Å²) < 4.78 is 6.08. The lowest BCUT2D eigenvalue weighted by molar-refractivity contribution is -0.131. The van der Waals surface area contributed by atoms with Crippen LogP contribution in [0.2, 0.25) is 0 Å². The van der Waals surface area contributed by atoms with Crippen LogP contribution in [0, 0.1) is 5.92 Å². The third-order valence-electron chi connectivity index (χ3n) is 2.77. The molecule has 1 atom stereocenters. The molecule has 0 radical (unpaired) electrons. The van der Waals surface area contributed by atoms with Gasteiger partial charge in [0.25, 0.3) is 0 Å². The molecule has 1 amide bonds. The third-order valence-corrected chi connectivity index (χ3v) is 3.54. The van der Waals surface area contributed by atoms with Gasteiger partial charge in [0.1, 0.15) is 0 Å². The summed E-state index contributed by atoms with van der Waals surface area (Å²) >= 11 is 3.49. The Labute approximate surface area is 117 Å². The Morgan fingerprint density at radius 3 is 2.72 bits per heavy atom. The van der Waals surface area contributed by atoms with Crippen molar-refractivity contribution in [1.29, 1.82) is 0 Å². The molecular formula is C14H20BrNO2. The van der Waals surface area contributed by atoms with Gasteiger partial charge in [0.15, 0.2) is 0 Å². The van der Waals surface area contributed by atoms with Crippen LogP contribution < -0.4 is 0 Å². The lowest BCUT2D eigenvalue weighted by Gasteiger charge is -2.20. The molecule has 0 N–H and O–H groups in total. The predicted octanol–water partition coefficient (Wildman–Crippen LogP) is 3.08. The Kier molecular flexibility index (Phi) is 6.36. The average molecular weight is 314 g/mol. The first kappa shape index (κ1) is 15.2. The molecule has 0 saturated heterocycles. The van der Waals surface area contributed by atoms with Crippen LogP contribution in [0.3, 0.4) is 0 Å². The van der Waals surface area contributed by atoms with Gasteiger partial charge in [-0.3, -0.25) is 4.79 Å². The molecule has 1 aromatic rings. The van der Waals surface area contributed by atoms with Crippen molar-refractivity contribution < 1.29 is 9.53 Å². The van der Waals surface area contributed by atoms with E-state index in [1.807, 2.05) is 38.2 Å². The minimum Gasteiger partial charge on any atom is -0.384 e. The van der Waals surface area contributed by atoms with Crippen molar-refractivity contribution in [1.82, 2.24) is 4.90 Å². The number of methoxy groups -OCH3 is 1. The number of benzene rings is 1. The summed E-state index contributed by atoms with van der Waals surface area (Å²) in [6.45, 7) is 3.27. The van der Waals surface area contributed by atoms with Crippen LogP contribution in [0.15, 0.2) is 28.7 Å². The molecule has 1 rings (SSSR count). The number of hydrogen-bond donors (Lipinski definition) is 0. The van der Waals surface area contributed by atoms with Crippen LogP contribution in [0.5, 0.6) is 0 Å². The van der Waals surface area contributed by atoms with Crippen molar-refractivity contribution in [3.8, 4) is 0 Å². The largest absolute Gasteiger partial charge is 0.384 e. The third kappa shape index (κ3) is 4.78. The van der Waals surface area contributed by atoms with Gasteiger partial charge in [-0.05, 0) is 17.5 Å². The van der Waals surface area contributed by atoms with Gasteiger partial charge in [0.2, 0.25) is 5.91 Å². The van der Waals surface area contributed by atoms with Gasteiger partial charge < -0.3 is 9.64 Å². The quantitative estimate of drug-likeness (QED) is 0.807. The van der Waals surface area contributed by atoms with Crippen molar-refractivity contribution in [2.75, 3.05) is 20.8 Å². The van der Waals surface area contributed by atoms with Crippen molar-refractivity contribution in [2.45, 2.75) is 19.9 Å². The fourth-order valence-corrected chi connectivity index (χ4v) is 2.18. The van der Waals surface area contributed by atoms with Gasteiger partial charge in [-0.15, -0.1) is 0 Å². The first-order valence-electron chi connectivity index (χ1n) is 6.01. The number of carbonyl (C=O) groups is 1. The maximum atomic E-state index is 12.0. The lowest BCUT2D eigenvalue weighted by atomic mass is 10.1. The molecular weight excluding hydrogens is 294 g/mol. The Morgan fingerprint density at radius 2 is 2.11 bits per heavy atom. The zero-order valence-electron chi connectivity index (χ0n) is 11.1. The summed E-state index contributed by atoms with van der Waals surface area (Å²) in [5.41, 5.74) is 1.12. The summed E-state index contributed by atoms with van der Waals surface area (Å²) in [5, 5.41) is 0. The van der Waals surface area contributed by atoms with E-state index in [2.05, 4.69) is 15.9 Å². The normalized spacial score (nSPS) is 12.2. The molecule has 1 unspecified atom stereocenters. The molecule has 100 valence electrons. The molecule has 4 heteroatoms. The van der Waals surface area contributed by atoms with Gasteiger partial charge in [-0.2, -0.15) is 0 Å². The SMILES string of the molecule is COCC(C)CC(=O)N(C)Cc1ccccc1Br. The molecule has 0 saturated carbocycles. The lowest BCUT2D eigenvalue weighted by Crippen LogP contribution is -2.28. The smallest absolute Gasteiger partial charge is 0.222 e. The number of ether oxygens (including phenoxy) is 1. The number of amides is 1. The Balaban J connectivity index is 2.52. The predicted molar refractivity (Wildman–Crippen MR) is 76.3 cm³/mol. The van der Waals surface area contributed by atoms with E-state index in [-0.39, 0.29) is 11.8 Å². The molecule has 0 aliphatic heterocycles. The van der Waals surface area contributed by atoms with E-state index < -0.39 is 0 Å². The second kappa shape index (κ2) is 7.54. The minimum absolute atomic E-state index is 0.148. The van der Waals surface area contributed by atoms with Crippen LogP contribution >= 0.6 is 15.9 Å². The fraction of sp³-hybridized carbons (Fsp3) is 0.500. The number of hydrogen-bond acceptors (Lipinski definition) is 2. The van der Waals surface area contributed by atoms with E-state index >= 15 is 0 Å². The average Bonchev–Trinajstić information content (AvgIpc) is 2.32. The summed E-state index contributed by atoms with van der Waals surface area (Å²) in [5.74, 6) is 0.402. The first-order chi connectivity index (χ1) is 8.54. The number of carbonyl (C=O) groups excluding carboxylic acids is 1. The number of rotatable bonds is 6. The second-order valence-corrected chi connectivity index (χ2v) is 5.46. The van der Waals surface area contributed by atoms with Gasteiger partial charge in [0.05, 0.1) is 0 Å². The van der Waals surface area contributed by atoms with Crippen LogP contribution in [-0.2, 0) is 16.1 Å². The van der Waals surface area contributed by atoms with E-state index in [0.717, 1.165) is 10.0 Å². The molecule has 3 nitrogen and oxygen atoms in total. The van der Waals surface area contributed by atoms with Crippen LogP contribution in [-0.4, -0.2) is 31.6 Å². The van der Waals surface area contributed by atoms with Crippen molar-refractivity contribution in [2.24, 2.45) is 5.92 Å². The fourth-order valence-electron chi connectivity index (χ4n) is 1.77. The molecule has 0 aliphatic carbocycles. The van der Waals surface area contributed by atoms with Crippen molar-refractivity contribution >= 4 is 21.8 Å².